The van der Waals surface area contributed by atoms with Gasteiger partial charge in [0.1, 0.15) is 17.2 Å². The fourth-order valence-electron chi connectivity index (χ4n) is 2.48. The van der Waals surface area contributed by atoms with Crippen LogP contribution in [0.1, 0.15) is 28.7 Å². The first-order chi connectivity index (χ1) is 15.4. The summed E-state index contributed by atoms with van der Waals surface area (Å²) in [6.45, 7) is -2.73. The van der Waals surface area contributed by atoms with Crippen molar-refractivity contribution in [1.29, 1.82) is 0 Å². The van der Waals surface area contributed by atoms with Gasteiger partial charge in [0.05, 0.1) is 5.56 Å². The predicted octanol–water partition coefficient (Wildman–Crippen LogP) is 4.98. The number of hydrogen-bond donors (Lipinski definition) is 2. The first-order valence-electron chi connectivity index (χ1n) is 9.04. The molecule has 2 N–H and O–H groups in total. The number of carbonyl (C=O) groups excluding carboxylic acids is 1. The molecule has 1 amide bonds. The van der Waals surface area contributed by atoms with Gasteiger partial charge in [0.25, 0.3) is 5.91 Å². The van der Waals surface area contributed by atoms with Crippen LogP contribution in [0.15, 0.2) is 29.8 Å². The van der Waals surface area contributed by atoms with Crippen molar-refractivity contribution < 1.29 is 40.3 Å². The number of thioether (sulfide) groups is 1. The Bertz CT molecular complexity index is 1020. The van der Waals surface area contributed by atoms with Crippen LogP contribution >= 0.6 is 11.8 Å². The van der Waals surface area contributed by atoms with Crippen molar-refractivity contribution in [3.63, 3.8) is 0 Å². The van der Waals surface area contributed by atoms with E-state index in [4.69, 9.17) is 0 Å². The summed E-state index contributed by atoms with van der Waals surface area (Å²) >= 11 is 1.35. The molecule has 1 heterocycles. The Hall–Kier alpha value is -3.03. The van der Waals surface area contributed by atoms with E-state index < -0.39 is 71.4 Å². The minimum Gasteiger partial charge on any atom is -0.431 e. The van der Waals surface area contributed by atoms with Gasteiger partial charge in [0.2, 0.25) is 5.82 Å². The highest BCUT2D eigenvalue weighted by atomic mass is 32.2. The Morgan fingerprint density at radius 1 is 1.24 bits per heavy atom. The maximum absolute atomic E-state index is 14.2. The van der Waals surface area contributed by atoms with Crippen LogP contribution in [0.5, 0.6) is 5.75 Å². The van der Waals surface area contributed by atoms with Crippen molar-refractivity contribution in [3.8, 4) is 5.75 Å². The van der Waals surface area contributed by atoms with E-state index in [2.05, 4.69) is 25.3 Å². The summed E-state index contributed by atoms with van der Waals surface area (Å²) in [6, 6.07) is 0.650. The number of carbonyl (C=O) groups is 1. The molecular weight excluding hydrogens is 481 g/mol. The average molecular weight is 498 g/mol. The molecule has 1 aromatic carbocycles. The minimum atomic E-state index is -4.98. The number of hydrogen-bond acceptors (Lipinski definition) is 6. The molecule has 0 spiro atoms. The number of alkyl halides is 5. The number of nitrogens with zero attached hydrogens (tertiary/aromatic N) is 2. The lowest BCUT2D eigenvalue weighted by Gasteiger charge is -2.17. The molecule has 0 aliphatic heterocycles. The molecular formula is C19H17F7N4O2S. The van der Waals surface area contributed by atoms with E-state index >= 15 is 0 Å². The molecule has 2 aromatic rings. The Labute approximate surface area is 187 Å². The summed E-state index contributed by atoms with van der Waals surface area (Å²) in [5.74, 6) is -6.79. The molecule has 0 radical (unpaired) electrons. The van der Waals surface area contributed by atoms with Gasteiger partial charge in [0.15, 0.2) is 11.6 Å². The molecule has 14 heteroatoms. The molecule has 1 atom stereocenters. The van der Waals surface area contributed by atoms with E-state index in [0.29, 0.717) is 18.3 Å². The third kappa shape index (κ3) is 7.23. The second-order valence-electron chi connectivity index (χ2n) is 6.35. The summed E-state index contributed by atoms with van der Waals surface area (Å²) in [4.78, 5) is 18.9. The van der Waals surface area contributed by atoms with E-state index in [1.807, 2.05) is 0 Å². The number of rotatable bonds is 9. The van der Waals surface area contributed by atoms with Gasteiger partial charge in [-0.3, -0.25) is 4.79 Å². The SMILES string of the molecule is CS/C=C/C(C)NC(=O)c1cnc(C(F)(F)F)nc1NCc1c(F)ccc(F)c1OC(F)F. The molecule has 1 unspecified atom stereocenters. The number of anilines is 1. The Morgan fingerprint density at radius 2 is 1.91 bits per heavy atom. The monoisotopic (exact) mass is 498 g/mol. The zero-order valence-corrected chi connectivity index (χ0v) is 17.8. The summed E-state index contributed by atoms with van der Waals surface area (Å²) < 4.78 is 96.4. The summed E-state index contributed by atoms with van der Waals surface area (Å²) in [5, 5.41) is 6.41. The molecule has 1 aromatic heterocycles. The molecule has 0 fully saturated rings. The lowest BCUT2D eigenvalue weighted by atomic mass is 10.1. The Kier molecular flexibility index (Phi) is 8.91. The summed E-state index contributed by atoms with van der Waals surface area (Å²) in [5.41, 5.74) is -1.19. The van der Waals surface area contributed by atoms with Crippen LogP contribution < -0.4 is 15.4 Å². The number of amides is 1. The van der Waals surface area contributed by atoms with Gasteiger partial charge in [-0.25, -0.2) is 18.7 Å². The van der Waals surface area contributed by atoms with Gasteiger partial charge >= 0.3 is 12.8 Å². The van der Waals surface area contributed by atoms with E-state index in [0.717, 1.165) is 0 Å². The second kappa shape index (κ2) is 11.2. The zero-order chi connectivity index (χ0) is 24.8. The molecule has 33 heavy (non-hydrogen) atoms. The Balaban J connectivity index is 2.41. The highest BCUT2D eigenvalue weighted by molar-refractivity contribution is 8.01. The first kappa shape index (κ1) is 26.2. The molecule has 6 nitrogen and oxygen atoms in total. The fraction of sp³-hybridized carbons (Fsp3) is 0.316. The number of halogens is 7. The molecule has 0 aliphatic carbocycles. The van der Waals surface area contributed by atoms with Crippen LogP contribution in [0.25, 0.3) is 0 Å². The van der Waals surface area contributed by atoms with Gasteiger partial charge in [-0.05, 0) is 30.7 Å². The highest BCUT2D eigenvalue weighted by Gasteiger charge is 2.36. The van der Waals surface area contributed by atoms with E-state index in [1.54, 1.807) is 24.7 Å². The van der Waals surface area contributed by atoms with Crippen molar-refractivity contribution in [2.75, 3.05) is 11.6 Å². The van der Waals surface area contributed by atoms with Crippen LogP contribution in [0.4, 0.5) is 36.6 Å². The quantitative estimate of drug-likeness (QED) is 0.475. The van der Waals surface area contributed by atoms with Crippen LogP contribution in [-0.4, -0.2) is 34.8 Å². The number of nitrogens with one attached hydrogen (secondary N) is 2. The van der Waals surface area contributed by atoms with Gasteiger partial charge in [-0.15, -0.1) is 11.8 Å². The molecule has 0 aliphatic rings. The van der Waals surface area contributed by atoms with Crippen molar-refractivity contribution >= 4 is 23.5 Å². The molecule has 0 bridgehead atoms. The van der Waals surface area contributed by atoms with Crippen LogP contribution in [0.2, 0.25) is 0 Å². The smallest absolute Gasteiger partial charge is 0.431 e. The van der Waals surface area contributed by atoms with Gasteiger partial charge in [-0.2, -0.15) is 22.0 Å². The number of ether oxygens (including phenoxy) is 1. The Morgan fingerprint density at radius 3 is 2.52 bits per heavy atom. The van der Waals surface area contributed by atoms with Crippen molar-refractivity contribution in [1.82, 2.24) is 15.3 Å². The number of aromatic nitrogens is 2. The zero-order valence-electron chi connectivity index (χ0n) is 17.0. The minimum absolute atomic E-state index is 0.444. The van der Waals surface area contributed by atoms with Crippen molar-refractivity contribution in [2.45, 2.75) is 32.3 Å². The van der Waals surface area contributed by atoms with Crippen molar-refractivity contribution in [2.24, 2.45) is 0 Å². The normalized spacial score (nSPS) is 12.8. The number of benzene rings is 1. The van der Waals surface area contributed by atoms with Crippen molar-refractivity contribution in [3.05, 3.63) is 58.4 Å². The second-order valence-corrected chi connectivity index (χ2v) is 7.09. The summed E-state index contributed by atoms with van der Waals surface area (Å²) in [6.07, 6.45) is -0.990. The van der Waals surface area contributed by atoms with E-state index in [1.165, 1.54) is 11.8 Å². The third-order valence-electron chi connectivity index (χ3n) is 3.94. The third-order valence-corrected chi connectivity index (χ3v) is 4.37. The van der Waals surface area contributed by atoms with Crippen LogP contribution in [0.3, 0.4) is 0 Å². The standard InChI is InChI=1S/C19H17F7N4O2S/c1-9(5-6-33-2)29-16(31)11-8-28-17(19(24,25)26)30-15(11)27-7-10-12(20)3-4-13(21)14(10)32-18(22)23/h3-6,8-9,18H,7H2,1-2H3,(H,29,31)(H,27,28,30)/b6-5+. The lowest BCUT2D eigenvalue weighted by Crippen LogP contribution is -2.32. The lowest BCUT2D eigenvalue weighted by molar-refractivity contribution is -0.144. The topological polar surface area (TPSA) is 76.1 Å². The molecule has 0 saturated carbocycles. The maximum atomic E-state index is 14.2. The van der Waals surface area contributed by atoms with E-state index in [9.17, 15) is 35.5 Å². The van der Waals surface area contributed by atoms with Gasteiger partial charge in [-0.1, -0.05) is 6.08 Å². The highest BCUT2D eigenvalue weighted by Crippen LogP contribution is 2.30. The van der Waals surface area contributed by atoms with E-state index in [-0.39, 0.29) is 0 Å². The van der Waals surface area contributed by atoms with Gasteiger partial charge < -0.3 is 15.4 Å². The maximum Gasteiger partial charge on any atom is 0.451 e. The fourth-order valence-corrected chi connectivity index (χ4v) is 2.87. The first-order valence-corrected chi connectivity index (χ1v) is 10.3. The summed E-state index contributed by atoms with van der Waals surface area (Å²) in [7, 11) is 0. The molecule has 0 saturated heterocycles. The van der Waals surface area contributed by atoms with Crippen LogP contribution in [-0.2, 0) is 12.7 Å². The van der Waals surface area contributed by atoms with Gasteiger partial charge in [0, 0.05) is 18.8 Å². The molecule has 2 rings (SSSR count). The largest absolute Gasteiger partial charge is 0.451 e. The molecule has 180 valence electrons. The average Bonchev–Trinajstić information content (AvgIpc) is 2.73. The van der Waals surface area contributed by atoms with Crippen LogP contribution in [0, 0.1) is 11.6 Å². The predicted molar refractivity (Wildman–Crippen MR) is 107 cm³/mol.